The zero-order valence-corrected chi connectivity index (χ0v) is 11.3. The fourth-order valence-electron chi connectivity index (χ4n) is 3.22. The normalized spacial score (nSPS) is 24.2. The highest BCUT2D eigenvalue weighted by atomic mass is 16.1. The van der Waals surface area contributed by atoms with Gasteiger partial charge in [-0.15, -0.1) is 0 Å². The van der Waals surface area contributed by atoms with E-state index >= 15 is 0 Å². The van der Waals surface area contributed by atoms with Gasteiger partial charge in [0.05, 0.1) is 0 Å². The second-order valence-electron chi connectivity index (χ2n) is 5.79. The third-order valence-electron chi connectivity index (χ3n) is 4.33. The Kier molecular flexibility index (Phi) is 3.02. The third kappa shape index (κ3) is 2.01. The van der Waals surface area contributed by atoms with E-state index in [1.54, 1.807) is 0 Å². The van der Waals surface area contributed by atoms with Crippen LogP contribution >= 0.6 is 0 Å². The van der Waals surface area contributed by atoms with Gasteiger partial charge in [0.1, 0.15) is 0 Å². The van der Waals surface area contributed by atoms with E-state index < -0.39 is 0 Å². The van der Waals surface area contributed by atoms with Crippen LogP contribution in [-0.2, 0) is 0 Å². The van der Waals surface area contributed by atoms with Gasteiger partial charge in [0.25, 0.3) is 0 Å². The van der Waals surface area contributed by atoms with Gasteiger partial charge in [0.2, 0.25) is 0 Å². The second kappa shape index (κ2) is 4.54. The Hall–Kier alpha value is -1.09. The molecule has 0 bridgehead atoms. The van der Waals surface area contributed by atoms with Crippen LogP contribution in [0.2, 0.25) is 0 Å². The van der Waals surface area contributed by atoms with Crippen molar-refractivity contribution in [1.29, 1.82) is 0 Å². The standard InChI is InChI=1S/C15H22N2O/c1-10-8-14(11(2)17(10)13-5-6-13)15(18)12-4-3-7-16-9-12/h8,12-13,16H,3-7,9H2,1-2H3. The lowest BCUT2D eigenvalue weighted by atomic mass is 9.91. The summed E-state index contributed by atoms with van der Waals surface area (Å²) in [7, 11) is 0. The number of piperidine rings is 1. The smallest absolute Gasteiger partial charge is 0.169 e. The number of carbonyl (C=O) groups excluding carboxylic acids is 1. The fourth-order valence-corrected chi connectivity index (χ4v) is 3.22. The molecule has 98 valence electrons. The van der Waals surface area contributed by atoms with Crippen LogP contribution in [0, 0.1) is 19.8 Å². The van der Waals surface area contributed by atoms with Crippen molar-refractivity contribution in [3.8, 4) is 0 Å². The first-order valence-electron chi connectivity index (χ1n) is 7.12. The SMILES string of the molecule is Cc1cc(C(=O)C2CCCNC2)c(C)n1C1CC1. The summed E-state index contributed by atoms with van der Waals surface area (Å²) in [6.45, 7) is 6.15. The minimum absolute atomic E-state index is 0.187. The molecule has 3 heteroatoms. The molecule has 2 aliphatic rings. The highest BCUT2D eigenvalue weighted by Gasteiger charge is 2.30. The molecule has 1 saturated heterocycles. The predicted octanol–water partition coefficient (Wildman–Crippen LogP) is 2.62. The molecule has 1 aliphatic heterocycles. The fraction of sp³-hybridized carbons (Fsp3) is 0.667. The van der Waals surface area contributed by atoms with Crippen molar-refractivity contribution in [2.24, 2.45) is 5.92 Å². The van der Waals surface area contributed by atoms with Crippen molar-refractivity contribution in [2.75, 3.05) is 13.1 Å². The molecular formula is C15H22N2O. The zero-order valence-electron chi connectivity index (χ0n) is 11.3. The molecule has 1 N–H and O–H groups in total. The third-order valence-corrected chi connectivity index (χ3v) is 4.33. The number of hydrogen-bond donors (Lipinski definition) is 1. The van der Waals surface area contributed by atoms with Gasteiger partial charge < -0.3 is 9.88 Å². The molecule has 2 heterocycles. The molecule has 1 atom stereocenters. The maximum Gasteiger partial charge on any atom is 0.169 e. The van der Waals surface area contributed by atoms with Crippen molar-refractivity contribution in [3.63, 3.8) is 0 Å². The Morgan fingerprint density at radius 2 is 2.11 bits per heavy atom. The summed E-state index contributed by atoms with van der Waals surface area (Å²) in [6, 6.07) is 2.76. The van der Waals surface area contributed by atoms with Crippen molar-refractivity contribution in [2.45, 2.75) is 45.6 Å². The summed E-state index contributed by atoms with van der Waals surface area (Å²) < 4.78 is 2.36. The lowest BCUT2D eigenvalue weighted by molar-refractivity contribution is 0.0899. The first-order valence-corrected chi connectivity index (χ1v) is 7.12. The first kappa shape index (κ1) is 12.0. The van der Waals surface area contributed by atoms with Gasteiger partial charge in [-0.1, -0.05) is 0 Å². The average Bonchev–Trinajstić information content (AvgIpc) is 3.16. The Morgan fingerprint density at radius 1 is 1.33 bits per heavy atom. The summed E-state index contributed by atoms with van der Waals surface area (Å²) in [5.74, 6) is 0.536. The van der Waals surface area contributed by atoms with E-state index in [-0.39, 0.29) is 5.92 Å². The second-order valence-corrected chi connectivity index (χ2v) is 5.79. The molecule has 0 aromatic carbocycles. The van der Waals surface area contributed by atoms with Crippen LogP contribution in [0.3, 0.4) is 0 Å². The van der Waals surface area contributed by atoms with E-state index in [4.69, 9.17) is 0 Å². The van der Waals surface area contributed by atoms with Gasteiger partial charge in [-0.25, -0.2) is 0 Å². The largest absolute Gasteiger partial charge is 0.345 e. The summed E-state index contributed by atoms with van der Waals surface area (Å²) in [4.78, 5) is 12.6. The number of Topliss-reactive ketones (excluding diaryl/α,β-unsaturated/α-hetero) is 1. The Bertz CT molecular complexity index is 465. The van der Waals surface area contributed by atoms with E-state index in [2.05, 4.69) is 29.8 Å². The summed E-state index contributed by atoms with van der Waals surface area (Å²) in [5.41, 5.74) is 3.40. The maximum atomic E-state index is 12.6. The van der Waals surface area contributed by atoms with Gasteiger partial charge in [-0.3, -0.25) is 4.79 Å². The van der Waals surface area contributed by atoms with Gasteiger partial charge in [-0.05, 0) is 52.1 Å². The average molecular weight is 246 g/mol. The molecule has 1 aliphatic carbocycles. The molecule has 18 heavy (non-hydrogen) atoms. The highest BCUT2D eigenvalue weighted by molar-refractivity contribution is 5.99. The molecule has 1 saturated carbocycles. The molecule has 3 rings (SSSR count). The summed E-state index contributed by atoms with van der Waals surface area (Å²) >= 11 is 0. The molecule has 3 nitrogen and oxygen atoms in total. The molecule has 2 fully saturated rings. The number of ketones is 1. The Morgan fingerprint density at radius 3 is 2.72 bits per heavy atom. The molecule has 0 spiro atoms. The molecule has 1 unspecified atom stereocenters. The van der Waals surface area contributed by atoms with Crippen molar-refractivity contribution in [1.82, 2.24) is 9.88 Å². The number of nitrogens with zero attached hydrogens (tertiary/aromatic N) is 1. The van der Waals surface area contributed by atoms with E-state index in [9.17, 15) is 4.79 Å². The number of aromatic nitrogens is 1. The number of aryl methyl sites for hydroxylation is 1. The number of rotatable bonds is 3. The minimum atomic E-state index is 0.187. The first-order chi connectivity index (χ1) is 8.68. The van der Waals surface area contributed by atoms with Crippen LogP contribution in [0.1, 0.15) is 53.5 Å². The molecular weight excluding hydrogens is 224 g/mol. The van der Waals surface area contributed by atoms with Crippen LogP contribution in [0.25, 0.3) is 0 Å². The highest BCUT2D eigenvalue weighted by Crippen LogP contribution is 2.38. The number of hydrogen-bond acceptors (Lipinski definition) is 2. The molecule has 1 aromatic rings. The number of carbonyl (C=O) groups is 1. The van der Waals surface area contributed by atoms with E-state index in [0.717, 1.165) is 31.5 Å². The summed E-state index contributed by atoms with van der Waals surface area (Å²) in [6.07, 6.45) is 4.71. The summed E-state index contributed by atoms with van der Waals surface area (Å²) in [5, 5.41) is 3.33. The topological polar surface area (TPSA) is 34.0 Å². The quantitative estimate of drug-likeness (QED) is 0.832. The van der Waals surface area contributed by atoms with Crippen LogP contribution < -0.4 is 5.32 Å². The Balaban J connectivity index is 1.87. The molecule has 0 radical (unpaired) electrons. The van der Waals surface area contributed by atoms with Gasteiger partial charge in [0.15, 0.2) is 5.78 Å². The number of nitrogens with one attached hydrogen (secondary N) is 1. The van der Waals surface area contributed by atoms with Crippen molar-refractivity contribution >= 4 is 5.78 Å². The van der Waals surface area contributed by atoms with E-state index in [0.29, 0.717) is 11.8 Å². The lowest BCUT2D eigenvalue weighted by Crippen LogP contribution is -2.34. The molecule has 0 amide bonds. The van der Waals surface area contributed by atoms with Crippen molar-refractivity contribution < 1.29 is 4.79 Å². The van der Waals surface area contributed by atoms with Crippen LogP contribution in [0.15, 0.2) is 6.07 Å². The predicted molar refractivity (Wildman–Crippen MR) is 72.1 cm³/mol. The Labute approximate surface area is 109 Å². The maximum absolute atomic E-state index is 12.6. The monoisotopic (exact) mass is 246 g/mol. The van der Waals surface area contributed by atoms with Gasteiger partial charge in [-0.2, -0.15) is 0 Å². The van der Waals surface area contributed by atoms with E-state index in [1.165, 1.54) is 24.2 Å². The van der Waals surface area contributed by atoms with Crippen LogP contribution in [0.5, 0.6) is 0 Å². The zero-order chi connectivity index (χ0) is 12.7. The lowest BCUT2D eigenvalue weighted by Gasteiger charge is -2.21. The van der Waals surface area contributed by atoms with Gasteiger partial charge >= 0.3 is 0 Å². The van der Waals surface area contributed by atoms with Crippen LogP contribution in [-0.4, -0.2) is 23.4 Å². The van der Waals surface area contributed by atoms with Crippen molar-refractivity contribution in [3.05, 3.63) is 23.0 Å². The molecule has 1 aromatic heterocycles. The minimum Gasteiger partial charge on any atom is -0.345 e. The van der Waals surface area contributed by atoms with E-state index in [1.807, 2.05) is 0 Å². The van der Waals surface area contributed by atoms with Gasteiger partial charge in [0, 0.05) is 35.5 Å². The van der Waals surface area contributed by atoms with Crippen LogP contribution in [0.4, 0.5) is 0 Å².